The topological polar surface area (TPSA) is 119 Å². The monoisotopic (exact) mass is 461 g/mol. The van der Waals surface area contributed by atoms with Gasteiger partial charge in [-0.1, -0.05) is 11.6 Å². The van der Waals surface area contributed by atoms with Crippen molar-refractivity contribution < 1.29 is 26.6 Å². The van der Waals surface area contributed by atoms with E-state index in [1.54, 1.807) is 17.5 Å². The fraction of sp³-hybridized carbons (Fsp3) is 0.278. The third-order valence-corrected chi connectivity index (χ3v) is 4.32. The molecule has 13 heteroatoms. The summed E-state index contributed by atoms with van der Waals surface area (Å²) in [6.45, 7) is -1.56. The number of rotatable bonds is 7. The molecule has 0 aliphatic heterocycles. The number of aromatic amines is 1. The number of anilines is 1. The summed E-state index contributed by atoms with van der Waals surface area (Å²) >= 11 is 5.97. The highest BCUT2D eigenvalue weighted by atomic mass is 35.5. The van der Waals surface area contributed by atoms with E-state index in [2.05, 4.69) is 25.3 Å². The van der Waals surface area contributed by atoms with Crippen LogP contribution in [0.15, 0.2) is 24.7 Å². The molecule has 3 N–H and O–H groups in total. The number of fused-ring (bicyclic) bond motifs is 1. The summed E-state index contributed by atoms with van der Waals surface area (Å²) in [5, 5.41) is 13.9. The highest BCUT2D eigenvalue weighted by molar-refractivity contribution is 6.31. The van der Waals surface area contributed by atoms with E-state index in [9.17, 15) is 22.4 Å². The number of carbonyl (C=O) groups excluding carboxylic acids is 1. The van der Waals surface area contributed by atoms with Crippen molar-refractivity contribution in [1.82, 2.24) is 25.3 Å². The van der Waals surface area contributed by atoms with Gasteiger partial charge in [0.15, 0.2) is 17.5 Å². The Hall–Kier alpha value is -3.46. The average Bonchev–Trinajstić information content (AvgIpc) is 3.13. The van der Waals surface area contributed by atoms with Gasteiger partial charge < -0.3 is 15.6 Å². The number of alkyl halides is 3. The second kappa shape index (κ2) is 9.13. The summed E-state index contributed by atoms with van der Waals surface area (Å²) in [5.74, 6) is -2.31. The molecule has 0 unspecified atom stereocenters. The zero-order chi connectivity index (χ0) is 22.6. The molecule has 0 radical (unpaired) electrons. The normalized spacial score (nSPS) is 12.4. The SMILES string of the molecule is N#CCC[C@H](Nc1nc(-c2c[nH]c3ncc(Cl)cc23)ncc1F)C(=O)NCC(F)(F)F.[HH].[HH].[HH]. The van der Waals surface area contributed by atoms with Crippen LogP contribution in [0.4, 0.5) is 23.4 Å². The first-order valence-electron chi connectivity index (χ1n) is 8.81. The number of aromatic nitrogens is 4. The molecule has 3 heterocycles. The van der Waals surface area contributed by atoms with Crippen molar-refractivity contribution in [3.8, 4) is 17.5 Å². The van der Waals surface area contributed by atoms with Crippen LogP contribution < -0.4 is 10.6 Å². The third-order valence-electron chi connectivity index (χ3n) is 4.12. The molecule has 0 bridgehead atoms. The Labute approximate surface area is 182 Å². The minimum absolute atomic E-state index is 0. The van der Waals surface area contributed by atoms with Crippen molar-refractivity contribution in [2.24, 2.45) is 0 Å². The van der Waals surface area contributed by atoms with Crippen LogP contribution in [0.1, 0.15) is 17.1 Å². The number of nitrogens with zero attached hydrogens (tertiary/aromatic N) is 4. The van der Waals surface area contributed by atoms with Crippen LogP contribution in [-0.4, -0.2) is 44.6 Å². The van der Waals surface area contributed by atoms with Crippen molar-refractivity contribution in [1.29, 1.82) is 5.26 Å². The van der Waals surface area contributed by atoms with Crippen LogP contribution in [0, 0.1) is 17.1 Å². The summed E-state index contributed by atoms with van der Waals surface area (Å²) in [7, 11) is 0. The summed E-state index contributed by atoms with van der Waals surface area (Å²) in [4.78, 5) is 27.1. The van der Waals surface area contributed by atoms with Gasteiger partial charge in [0.05, 0.1) is 17.3 Å². The summed E-state index contributed by atoms with van der Waals surface area (Å²) < 4.78 is 51.5. The summed E-state index contributed by atoms with van der Waals surface area (Å²) in [6.07, 6.45) is -1.10. The van der Waals surface area contributed by atoms with Gasteiger partial charge in [-0.2, -0.15) is 18.4 Å². The minimum atomic E-state index is -4.62. The standard InChI is InChI=1S/C18H14ClF4N7O.3H2/c19-9-4-10-11(6-26-14(10)25-5-9)15-27-7-12(20)16(30-15)29-13(2-1-3-24)17(31)28-8-18(21,22)23;;;/h4-7,13H,1-2,8H2,(H,25,26)(H,28,31)(H,27,29,30);3*1H/t13-;;;/m0.../s1. The molecule has 1 amide bonds. The molecule has 3 aromatic heterocycles. The van der Waals surface area contributed by atoms with Crippen LogP contribution in [-0.2, 0) is 4.79 Å². The van der Waals surface area contributed by atoms with Crippen molar-refractivity contribution in [3.63, 3.8) is 0 Å². The smallest absolute Gasteiger partial charge is 0.356 e. The molecule has 0 fully saturated rings. The van der Waals surface area contributed by atoms with E-state index in [1.807, 2.05) is 0 Å². The van der Waals surface area contributed by atoms with Crippen molar-refractivity contribution in [3.05, 3.63) is 35.5 Å². The van der Waals surface area contributed by atoms with E-state index in [-0.39, 0.29) is 22.9 Å². The number of halogens is 5. The predicted octanol–water partition coefficient (Wildman–Crippen LogP) is 4.31. The van der Waals surface area contributed by atoms with Gasteiger partial charge in [0, 0.05) is 34.0 Å². The van der Waals surface area contributed by atoms with Crippen LogP contribution in [0.25, 0.3) is 22.4 Å². The second-order valence-corrected chi connectivity index (χ2v) is 6.81. The number of hydrogen-bond donors (Lipinski definition) is 3. The first-order valence-corrected chi connectivity index (χ1v) is 9.19. The molecule has 0 spiro atoms. The molecule has 0 aromatic carbocycles. The van der Waals surface area contributed by atoms with Crippen molar-refractivity contribution in [2.75, 3.05) is 11.9 Å². The predicted molar refractivity (Wildman–Crippen MR) is 110 cm³/mol. The molecular weight excluding hydrogens is 442 g/mol. The third kappa shape index (κ3) is 5.58. The largest absolute Gasteiger partial charge is 0.405 e. The van der Waals surface area contributed by atoms with Gasteiger partial charge in [-0.05, 0) is 12.5 Å². The molecule has 0 saturated heterocycles. The molecule has 1 atom stereocenters. The lowest BCUT2D eigenvalue weighted by molar-refractivity contribution is -0.138. The number of hydrogen-bond acceptors (Lipinski definition) is 6. The van der Waals surface area contributed by atoms with E-state index < -0.39 is 36.3 Å². The van der Waals surface area contributed by atoms with E-state index in [1.165, 1.54) is 12.4 Å². The quantitative estimate of drug-likeness (QED) is 0.451. The van der Waals surface area contributed by atoms with Gasteiger partial charge in [0.1, 0.15) is 18.2 Å². The number of nitriles is 1. The number of H-pyrrole nitrogens is 1. The number of pyridine rings is 1. The molecule has 168 valence electrons. The Balaban J connectivity index is 0.00000363. The lowest BCUT2D eigenvalue weighted by Crippen LogP contribution is -2.43. The lowest BCUT2D eigenvalue weighted by atomic mass is 10.1. The van der Waals surface area contributed by atoms with Crippen LogP contribution in [0.5, 0.6) is 0 Å². The van der Waals surface area contributed by atoms with Gasteiger partial charge in [0.2, 0.25) is 5.91 Å². The number of amides is 1. The van der Waals surface area contributed by atoms with E-state index in [0.29, 0.717) is 21.6 Å². The summed E-state index contributed by atoms with van der Waals surface area (Å²) in [5.41, 5.74) is 0.934. The molecule has 0 aliphatic carbocycles. The van der Waals surface area contributed by atoms with Gasteiger partial charge in [-0.3, -0.25) is 4.79 Å². The molecule has 8 nitrogen and oxygen atoms in total. The molecule has 31 heavy (non-hydrogen) atoms. The highest BCUT2D eigenvalue weighted by Gasteiger charge is 2.30. The Bertz CT molecular complexity index is 1160. The average molecular weight is 462 g/mol. The maximum Gasteiger partial charge on any atom is 0.405 e. The zero-order valence-corrected chi connectivity index (χ0v) is 16.4. The first kappa shape index (κ1) is 22.2. The van der Waals surface area contributed by atoms with Crippen LogP contribution in [0.2, 0.25) is 5.02 Å². The van der Waals surface area contributed by atoms with Gasteiger partial charge in [-0.15, -0.1) is 0 Å². The Kier molecular flexibility index (Phi) is 6.55. The highest BCUT2D eigenvalue weighted by Crippen LogP contribution is 2.28. The van der Waals surface area contributed by atoms with Crippen LogP contribution in [0.3, 0.4) is 0 Å². The number of nitrogens with one attached hydrogen (secondary N) is 3. The van der Waals surface area contributed by atoms with Gasteiger partial charge in [0.25, 0.3) is 0 Å². The Morgan fingerprint density at radius 3 is 2.84 bits per heavy atom. The fourth-order valence-electron chi connectivity index (χ4n) is 2.71. The van der Waals surface area contributed by atoms with Crippen molar-refractivity contribution >= 4 is 34.4 Å². The maximum absolute atomic E-state index is 14.3. The van der Waals surface area contributed by atoms with E-state index >= 15 is 0 Å². The van der Waals surface area contributed by atoms with E-state index in [0.717, 1.165) is 6.20 Å². The van der Waals surface area contributed by atoms with Gasteiger partial charge >= 0.3 is 6.18 Å². The van der Waals surface area contributed by atoms with Crippen molar-refractivity contribution in [2.45, 2.75) is 25.1 Å². The minimum Gasteiger partial charge on any atom is -0.356 e. The second-order valence-electron chi connectivity index (χ2n) is 6.37. The maximum atomic E-state index is 14.3. The fourth-order valence-corrected chi connectivity index (χ4v) is 2.87. The van der Waals surface area contributed by atoms with Gasteiger partial charge in [-0.25, -0.2) is 19.3 Å². The molecule has 3 aromatic rings. The zero-order valence-electron chi connectivity index (χ0n) is 15.6. The molecule has 3 rings (SSSR count). The molecule has 0 saturated carbocycles. The Morgan fingerprint density at radius 1 is 1.35 bits per heavy atom. The van der Waals surface area contributed by atoms with Crippen LogP contribution >= 0.6 is 11.6 Å². The molecular formula is C18H20ClF4N7O. The Morgan fingerprint density at radius 2 is 2.13 bits per heavy atom. The number of carbonyl (C=O) groups is 1. The molecule has 0 aliphatic rings. The summed E-state index contributed by atoms with van der Waals surface area (Å²) in [6, 6.07) is 2.08. The van der Waals surface area contributed by atoms with E-state index in [4.69, 9.17) is 16.9 Å². The lowest BCUT2D eigenvalue weighted by Gasteiger charge is -2.19. The first-order chi connectivity index (χ1) is 14.7.